The van der Waals surface area contributed by atoms with Crippen molar-refractivity contribution >= 4 is 70.6 Å². The van der Waals surface area contributed by atoms with E-state index in [1.165, 1.54) is 13.0 Å². The molecule has 0 saturated carbocycles. The number of benzene rings is 1. The van der Waals surface area contributed by atoms with Crippen molar-refractivity contribution in [1.29, 1.82) is 0 Å². The summed E-state index contributed by atoms with van der Waals surface area (Å²) in [4.78, 5) is 121. The van der Waals surface area contributed by atoms with Crippen LogP contribution in [0.1, 0.15) is 123 Å². The van der Waals surface area contributed by atoms with Crippen LogP contribution in [0.5, 0.6) is 11.5 Å². The minimum atomic E-state index is -2.00. The monoisotopic (exact) mass is 2080 g/mol. The van der Waals surface area contributed by atoms with Gasteiger partial charge in [-0.05, 0) is 69.6 Å². The average Bonchev–Trinajstić information content (AvgIpc) is 1.01. The molecular formula is C89H146N8O45S. The molecule has 26 N–H and O–H groups in total. The molecule has 818 valence electrons. The van der Waals surface area contributed by atoms with Crippen molar-refractivity contribution < 1.29 is 220 Å². The second-order valence-corrected chi connectivity index (χ2v) is 36.8. The minimum Gasteiger partial charge on any atom is -0.484 e. The van der Waals surface area contributed by atoms with Crippen LogP contribution in [0, 0.1) is 6.92 Å². The summed E-state index contributed by atoms with van der Waals surface area (Å²) in [6.45, 7) is 1.79. The fraction of sp³-hybridized carbons (Fsp3) is 0.820. The van der Waals surface area contributed by atoms with Gasteiger partial charge in [-0.3, -0.25) is 43.2 Å². The maximum atomic E-state index is 12.7. The molecule has 8 saturated heterocycles. The average molecular weight is 2080 g/mol. The van der Waals surface area contributed by atoms with E-state index in [9.17, 15) is 140 Å². The molecule has 0 aromatic heterocycles. The van der Waals surface area contributed by atoms with Crippen LogP contribution in [-0.4, -0.2) is 490 Å². The molecule has 9 rings (SSSR count). The van der Waals surface area contributed by atoms with Gasteiger partial charge in [-0.25, -0.2) is 4.79 Å². The quantitative estimate of drug-likeness (QED) is 0.0213. The van der Waals surface area contributed by atoms with E-state index in [0.29, 0.717) is 88.5 Å². The molecule has 1 aromatic carbocycles. The maximum absolute atomic E-state index is 12.7. The van der Waals surface area contributed by atoms with Gasteiger partial charge in [0.2, 0.25) is 23.6 Å². The number of Topliss-reactive ketones (excluding diaryl/α,β-unsaturated/α-hetero) is 3. The first-order valence-electron chi connectivity index (χ1n) is 48.0. The number of rotatable bonds is 61. The summed E-state index contributed by atoms with van der Waals surface area (Å²) in [5.41, 5.74) is 0.703. The Bertz CT molecular complexity index is 3830. The number of aryl methyl sites for hydroxylation is 1. The van der Waals surface area contributed by atoms with Crippen molar-refractivity contribution in [2.24, 2.45) is 0 Å². The van der Waals surface area contributed by atoms with Gasteiger partial charge in [0, 0.05) is 122 Å². The van der Waals surface area contributed by atoms with Crippen LogP contribution in [0.4, 0.5) is 4.79 Å². The molecule has 8 aliphatic rings. The first-order valence-corrected chi connectivity index (χ1v) is 49.0. The number of unbranched alkanes of at least 4 members (excludes halogenated alkanes) is 3. The third-order valence-corrected chi connectivity index (χ3v) is 25.9. The highest BCUT2D eigenvalue weighted by Gasteiger charge is 2.58. The maximum Gasteiger partial charge on any atom is 0.315 e. The number of amides is 8. The molecule has 1 aromatic rings. The molecule has 0 radical (unpaired) electrons. The second kappa shape index (κ2) is 63.1. The summed E-state index contributed by atoms with van der Waals surface area (Å²) in [7, 11) is 0. The standard InChI is InChI=1S/C69H112N4O40.C20H34N4O5S/c1-31-20-36(102-29-44(84)70-12-18-98-16-10-34(82)8-4-6-14-100-64-46(72-32(2)80)52(90)60(42(27-78)108-64)110-68-58(96)62(50(88)40(25-76)106-68)112-66-56(94)54(92)48(86)38(23-74)104-66)22-37(21-31)103-30-45(85)71-13-19-99-17-11-35(83)9-5-7-15-101-65-47(73-33(3)81)53(91)61(43(28-79)109-65)111-69-59(97)63(51(89)41(26-77)107-69)113-67-57(95)55(93)49(87)39(24-75)105-67;1-14(25)21-9-4-5-15(26)8-11-29-12-10-22-18(27)7-3-2-6-17-19-16(13-30-17)23-20(28)24-19/h20-22,38-43,46-69,74-79,86-97H,4-19,23-30H2,1-3H3,(H,70,84)(H,71,85)(H,72,80)(H,73,81);16-17,19H,2-13H2,1H3,(H,21,25)(H,22,27)(H2,23,24,28)/t38?,39?,40?,41?,42?,43?,46?,47?,48-,49-,50-,51-,52+,53+,54?,55?,56-,57-,58?,59?,60+,61+,62-,63-,64+,65+,66+,67+,68-,69-;16-,17-,19-/m00/s1. The Labute approximate surface area is 828 Å². The molecule has 0 bridgehead atoms. The number of nitrogens with one attached hydrogen (secondary N) is 8. The third-order valence-electron chi connectivity index (χ3n) is 24.3. The van der Waals surface area contributed by atoms with Gasteiger partial charge in [-0.2, -0.15) is 11.8 Å². The molecule has 8 fully saturated rings. The van der Waals surface area contributed by atoms with E-state index in [2.05, 4.69) is 42.5 Å². The second-order valence-electron chi connectivity index (χ2n) is 35.5. The van der Waals surface area contributed by atoms with E-state index >= 15 is 0 Å². The number of urea groups is 1. The van der Waals surface area contributed by atoms with E-state index in [-0.39, 0.29) is 150 Å². The number of aliphatic hydroxyl groups excluding tert-OH is 18. The molecule has 0 aliphatic carbocycles. The van der Waals surface area contributed by atoms with Gasteiger partial charge in [0.05, 0.1) is 91.4 Å². The van der Waals surface area contributed by atoms with Gasteiger partial charge in [-0.15, -0.1) is 0 Å². The van der Waals surface area contributed by atoms with E-state index in [1.54, 1.807) is 19.1 Å². The predicted molar refractivity (Wildman–Crippen MR) is 485 cm³/mol. The number of ketones is 3. The number of aliphatic hydroxyl groups is 18. The molecule has 53 nitrogen and oxygen atoms in total. The van der Waals surface area contributed by atoms with Crippen molar-refractivity contribution in [3.8, 4) is 11.5 Å². The Morgan fingerprint density at radius 3 is 1.13 bits per heavy atom. The molecule has 33 atom stereocenters. The Kier molecular flexibility index (Phi) is 53.4. The lowest BCUT2D eigenvalue weighted by molar-refractivity contribution is -0.376. The molecule has 8 amide bonds. The van der Waals surface area contributed by atoms with Crippen LogP contribution in [-0.2, 0) is 114 Å². The number of carbonyl (C=O) groups is 10. The zero-order valence-electron chi connectivity index (χ0n) is 80.2. The molecule has 143 heavy (non-hydrogen) atoms. The van der Waals surface area contributed by atoms with Crippen molar-refractivity contribution in [2.75, 3.05) is 138 Å². The number of hydrogen-bond acceptors (Lipinski definition) is 46. The third kappa shape index (κ3) is 38.5. The zero-order valence-corrected chi connectivity index (χ0v) is 81.0. The van der Waals surface area contributed by atoms with Crippen molar-refractivity contribution in [2.45, 2.75) is 325 Å². The van der Waals surface area contributed by atoms with Gasteiger partial charge in [0.1, 0.15) is 175 Å². The highest BCUT2D eigenvalue weighted by molar-refractivity contribution is 8.00. The minimum absolute atomic E-state index is 0.0143. The Morgan fingerprint density at radius 1 is 0.364 bits per heavy atom. The van der Waals surface area contributed by atoms with Crippen molar-refractivity contribution in [3.05, 3.63) is 23.8 Å². The summed E-state index contributed by atoms with van der Waals surface area (Å²) < 4.78 is 96.1. The van der Waals surface area contributed by atoms with Gasteiger partial charge < -0.3 is 215 Å². The van der Waals surface area contributed by atoms with Gasteiger partial charge in [0.25, 0.3) is 11.8 Å². The molecule has 12 unspecified atom stereocenters. The summed E-state index contributed by atoms with van der Waals surface area (Å²) in [6, 6.07) is 2.50. The summed E-state index contributed by atoms with van der Waals surface area (Å²) in [6.07, 6.45) is -41.6. The largest absolute Gasteiger partial charge is 0.484 e. The first kappa shape index (κ1) is 121. The lowest BCUT2D eigenvalue weighted by Crippen LogP contribution is -2.68. The van der Waals surface area contributed by atoms with E-state index in [0.717, 1.165) is 38.9 Å². The fourth-order valence-corrected chi connectivity index (χ4v) is 18.2. The van der Waals surface area contributed by atoms with E-state index in [1.807, 2.05) is 11.8 Å². The molecular weight excluding hydrogens is 1930 g/mol. The van der Waals surface area contributed by atoms with Gasteiger partial charge in [0.15, 0.2) is 51.0 Å². The normalized spacial score (nSPS) is 33.2. The van der Waals surface area contributed by atoms with Crippen LogP contribution in [0.15, 0.2) is 18.2 Å². The summed E-state index contributed by atoms with van der Waals surface area (Å²) in [5.74, 6) is -0.934. The Morgan fingerprint density at radius 2 is 0.734 bits per heavy atom. The number of thioether (sulfide) groups is 1. The molecule has 8 aliphatic heterocycles. The topological polar surface area (TPSA) is 788 Å². The number of fused-ring (bicyclic) bond motifs is 1. The molecule has 54 heteroatoms. The zero-order chi connectivity index (χ0) is 105. The van der Waals surface area contributed by atoms with Crippen LogP contribution >= 0.6 is 11.8 Å². The van der Waals surface area contributed by atoms with Crippen LogP contribution < -0.4 is 52.0 Å². The summed E-state index contributed by atoms with van der Waals surface area (Å²) in [5, 5.41) is 212. The Balaban J connectivity index is 0.000000707. The fourth-order valence-electron chi connectivity index (χ4n) is 16.6. The van der Waals surface area contributed by atoms with Gasteiger partial charge >= 0.3 is 6.03 Å². The molecule has 0 spiro atoms. The Hall–Kier alpha value is -7.05. The smallest absolute Gasteiger partial charge is 0.315 e. The van der Waals surface area contributed by atoms with Crippen LogP contribution in [0.25, 0.3) is 0 Å². The number of ether oxygens (including phenoxy) is 17. The van der Waals surface area contributed by atoms with Gasteiger partial charge in [-0.1, -0.05) is 6.42 Å². The van der Waals surface area contributed by atoms with E-state index < -0.39 is 247 Å². The lowest BCUT2D eigenvalue weighted by Gasteiger charge is -2.48. The number of carbonyl (C=O) groups excluding carboxylic acids is 10. The van der Waals surface area contributed by atoms with E-state index in [4.69, 9.17) is 80.5 Å². The van der Waals surface area contributed by atoms with Crippen molar-refractivity contribution in [1.82, 2.24) is 42.5 Å². The highest BCUT2D eigenvalue weighted by Crippen LogP contribution is 2.38. The van der Waals surface area contributed by atoms with Crippen molar-refractivity contribution in [3.63, 3.8) is 0 Å². The van der Waals surface area contributed by atoms with Crippen LogP contribution in [0.2, 0.25) is 0 Å². The SMILES string of the molecule is CC(=O)NC1[C@H](OCCCCC(=O)CCOCCNC(=O)COc2cc(C)cc(OCC(=O)NCCOCCC(=O)CCCCO[C@@H]3OC(CO)[C@@H](O[C@@H]4OC(CO)[C@H](O)[C@H](O[C@H]5OC(CO)[C@H](O)C(O)[C@@H]5O)C4O)[C@H](O)C3NC(C)=O)c2)OC(CO)[C@@H](O[C@@H]2OC(CO)[C@H](O)[C@H](O[C@H]3OC(CO)[C@H](O)C(O)[C@@H]3O)C2O)[C@@H]1O.CC(=O)NCCCC(=O)CCOCCNC(=O)CCCC[C@@H]1SC[C@@H]2NC(=O)N[C@@H]21. The predicted octanol–water partition coefficient (Wildman–Crippen LogP) is -10.8. The first-order chi connectivity index (χ1) is 68.4. The highest BCUT2D eigenvalue weighted by atomic mass is 32.2. The lowest BCUT2D eigenvalue weighted by atomic mass is 9.95. The molecule has 8 heterocycles. The summed E-state index contributed by atoms with van der Waals surface area (Å²) >= 11 is 1.89. The van der Waals surface area contributed by atoms with Crippen LogP contribution in [0.3, 0.4) is 0 Å². The number of hydrogen-bond donors (Lipinski definition) is 26.